The van der Waals surface area contributed by atoms with E-state index in [0.717, 1.165) is 29.8 Å². The Labute approximate surface area is 238 Å². The fraction of sp³-hybridized carbons (Fsp3) is 0.400. The number of nitrogens with one attached hydrogen (secondary N) is 2. The number of aromatic nitrogens is 2. The number of hydrogen-bond donors (Lipinski definition) is 2. The summed E-state index contributed by atoms with van der Waals surface area (Å²) in [5.41, 5.74) is 3.05. The molecule has 11 nitrogen and oxygen atoms in total. The molecule has 6 rings (SSSR count). The highest BCUT2D eigenvalue weighted by molar-refractivity contribution is 5.95. The molecule has 41 heavy (non-hydrogen) atoms. The summed E-state index contributed by atoms with van der Waals surface area (Å²) in [4.78, 5) is 37.0. The zero-order valence-electron chi connectivity index (χ0n) is 23.0. The van der Waals surface area contributed by atoms with Crippen molar-refractivity contribution in [2.24, 2.45) is 0 Å². The number of carbonyl (C=O) groups excluding carboxylic acids is 2. The van der Waals surface area contributed by atoms with Crippen molar-refractivity contribution in [3.63, 3.8) is 0 Å². The molecule has 5 heterocycles. The predicted molar refractivity (Wildman–Crippen MR) is 153 cm³/mol. The maximum absolute atomic E-state index is 12.5. The Morgan fingerprint density at radius 3 is 2.90 bits per heavy atom. The molecule has 2 aromatic heterocycles. The highest BCUT2D eigenvalue weighted by Gasteiger charge is 2.33. The zero-order valence-corrected chi connectivity index (χ0v) is 23.0. The SMILES string of the molecule is CN1CCC[C@@H]1COc1cccc(-c2cccc(CNCC[C@H]3CN(c4ccc5c(n4)NC(=O)CO5)C(=O)O3)c2)n1. The van der Waals surface area contributed by atoms with Gasteiger partial charge in [0.2, 0.25) is 5.88 Å². The van der Waals surface area contributed by atoms with Gasteiger partial charge in [-0.15, -0.1) is 0 Å². The van der Waals surface area contributed by atoms with E-state index in [9.17, 15) is 9.59 Å². The maximum Gasteiger partial charge on any atom is 0.415 e. The smallest absolute Gasteiger partial charge is 0.415 e. The van der Waals surface area contributed by atoms with Gasteiger partial charge in [-0.25, -0.2) is 14.8 Å². The van der Waals surface area contributed by atoms with Crippen LogP contribution in [0.25, 0.3) is 11.3 Å². The van der Waals surface area contributed by atoms with Crippen LogP contribution in [0.15, 0.2) is 54.6 Å². The van der Waals surface area contributed by atoms with E-state index in [1.807, 2.05) is 24.3 Å². The van der Waals surface area contributed by atoms with E-state index < -0.39 is 6.09 Å². The molecule has 2 saturated heterocycles. The predicted octanol–water partition coefficient (Wildman–Crippen LogP) is 3.45. The molecular formula is C30H34N6O5. The van der Waals surface area contributed by atoms with Gasteiger partial charge in [0.15, 0.2) is 18.2 Å². The lowest BCUT2D eigenvalue weighted by molar-refractivity contribution is -0.118. The van der Waals surface area contributed by atoms with Crippen LogP contribution < -0.4 is 25.0 Å². The number of benzene rings is 1. The molecule has 0 radical (unpaired) electrons. The number of pyridine rings is 2. The molecule has 0 spiro atoms. The van der Waals surface area contributed by atoms with E-state index in [1.54, 1.807) is 12.1 Å². The molecule has 0 bridgehead atoms. The highest BCUT2D eigenvalue weighted by atomic mass is 16.6. The minimum atomic E-state index is -0.452. The number of amides is 2. The topological polar surface area (TPSA) is 118 Å². The largest absolute Gasteiger partial charge is 0.480 e. The second kappa shape index (κ2) is 12.1. The third-order valence-corrected chi connectivity index (χ3v) is 7.62. The highest BCUT2D eigenvalue weighted by Crippen LogP contribution is 2.30. The van der Waals surface area contributed by atoms with Crippen molar-refractivity contribution in [2.45, 2.75) is 38.0 Å². The van der Waals surface area contributed by atoms with Gasteiger partial charge in [0.25, 0.3) is 5.91 Å². The molecular weight excluding hydrogens is 524 g/mol. The van der Waals surface area contributed by atoms with Crippen LogP contribution >= 0.6 is 0 Å². The number of hydrogen-bond acceptors (Lipinski definition) is 9. The van der Waals surface area contributed by atoms with Crippen molar-refractivity contribution in [3.8, 4) is 22.9 Å². The third kappa shape index (κ3) is 6.41. The lowest BCUT2D eigenvalue weighted by Gasteiger charge is -2.19. The Morgan fingerprint density at radius 2 is 2.02 bits per heavy atom. The molecule has 3 aliphatic heterocycles. The van der Waals surface area contributed by atoms with Gasteiger partial charge in [-0.05, 0) is 69.2 Å². The first kappa shape index (κ1) is 27.0. The Morgan fingerprint density at radius 1 is 1.12 bits per heavy atom. The summed E-state index contributed by atoms with van der Waals surface area (Å²) in [6.07, 6.45) is 2.32. The molecule has 0 unspecified atom stereocenters. The van der Waals surface area contributed by atoms with Gasteiger partial charge in [-0.2, -0.15) is 0 Å². The first-order valence-corrected chi connectivity index (χ1v) is 14.0. The summed E-state index contributed by atoms with van der Waals surface area (Å²) in [5.74, 6) is 1.58. The monoisotopic (exact) mass is 558 g/mol. The number of likely N-dealkylation sites (tertiary alicyclic amines) is 1. The van der Waals surface area contributed by atoms with Crippen molar-refractivity contribution in [1.82, 2.24) is 20.2 Å². The molecule has 2 amide bonds. The summed E-state index contributed by atoms with van der Waals surface area (Å²) in [6, 6.07) is 18.0. The molecule has 0 saturated carbocycles. The maximum atomic E-state index is 12.5. The van der Waals surface area contributed by atoms with Crippen molar-refractivity contribution >= 4 is 23.6 Å². The average Bonchev–Trinajstić information content (AvgIpc) is 3.58. The second-order valence-electron chi connectivity index (χ2n) is 10.6. The van der Waals surface area contributed by atoms with Gasteiger partial charge in [0.05, 0.1) is 12.2 Å². The molecule has 1 aromatic carbocycles. The van der Waals surface area contributed by atoms with Crippen LogP contribution in [-0.4, -0.2) is 78.9 Å². The molecule has 2 N–H and O–H groups in total. The van der Waals surface area contributed by atoms with Crippen LogP contribution in [0, 0.1) is 0 Å². The van der Waals surface area contributed by atoms with Crippen LogP contribution in [0.5, 0.6) is 11.6 Å². The Balaban J connectivity index is 0.986. The number of nitrogens with zero attached hydrogens (tertiary/aromatic N) is 4. The molecule has 0 aliphatic carbocycles. The van der Waals surface area contributed by atoms with Crippen LogP contribution in [-0.2, 0) is 16.1 Å². The van der Waals surface area contributed by atoms with Gasteiger partial charge in [-0.3, -0.25) is 9.69 Å². The summed E-state index contributed by atoms with van der Waals surface area (Å²) in [5, 5.41) is 6.12. The summed E-state index contributed by atoms with van der Waals surface area (Å²) >= 11 is 0. The van der Waals surface area contributed by atoms with Gasteiger partial charge >= 0.3 is 6.09 Å². The van der Waals surface area contributed by atoms with E-state index in [2.05, 4.69) is 45.8 Å². The second-order valence-corrected chi connectivity index (χ2v) is 10.6. The summed E-state index contributed by atoms with van der Waals surface area (Å²) in [6.45, 7) is 3.47. The first-order valence-electron chi connectivity index (χ1n) is 14.0. The third-order valence-electron chi connectivity index (χ3n) is 7.62. The lowest BCUT2D eigenvalue weighted by Crippen LogP contribution is -2.30. The standard InChI is InChI=1S/C30H34N6O5/c1-35-14-4-7-22(35)18-40-28-9-3-8-24(32-28)21-6-2-5-20(15-21)16-31-13-12-23-17-36(30(38)41-23)26-11-10-25-29(33-26)34-27(37)19-39-25/h2-3,5-6,8-11,15,22-23,31H,4,7,12-14,16-19H2,1H3,(H,33,34,37)/t22-,23+/m1/s1. The number of ether oxygens (including phenoxy) is 3. The van der Waals surface area contributed by atoms with Gasteiger partial charge in [0, 0.05) is 24.2 Å². The van der Waals surface area contributed by atoms with E-state index in [0.29, 0.717) is 62.0 Å². The van der Waals surface area contributed by atoms with Gasteiger partial charge in [0.1, 0.15) is 18.5 Å². The first-order chi connectivity index (χ1) is 20.0. The molecule has 3 aromatic rings. The van der Waals surface area contributed by atoms with Gasteiger partial charge < -0.3 is 29.7 Å². The van der Waals surface area contributed by atoms with E-state index in [1.165, 1.54) is 11.3 Å². The number of likely N-dealkylation sites (N-methyl/N-ethyl adjacent to an activating group) is 1. The molecule has 2 fully saturated rings. The van der Waals surface area contributed by atoms with Gasteiger partial charge in [-0.1, -0.05) is 24.3 Å². The van der Waals surface area contributed by atoms with Crippen LogP contribution in [0.1, 0.15) is 24.8 Å². The molecule has 11 heteroatoms. The summed E-state index contributed by atoms with van der Waals surface area (Å²) in [7, 11) is 2.14. The quantitative estimate of drug-likeness (QED) is 0.361. The molecule has 2 atom stereocenters. The Bertz CT molecular complexity index is 1420. The van der Waals surface area contributed by atoms with Crippen molar-refractivity contribution in [1.29, 1.82) is 0 Å². The fourth-order valence-electron chi connectivity index (χ4n) is 5.33. The summed E-state index contributed by atoms with van der Waals surface area (Å²) < 4.78 is 16.9. The number of fused-ring (bicyclic) bond motifs is 1. The minimum absolute atomic E-state index is 0.0449. The normalized spacial score (nSPS) is 20.4. The number of carbonyl (C=O) groups is 2. The number of cyclic esters (lactones) is 1. The van der Waals surface area contributed by atoms with Crippen molar-refractivity contribution in [2.75, 3.05) is 50.1 Å². The minimum Gasteiger partial charge on any atom is -0.480 e. The Kier molecular flexibility index (Phi) is 7.97. The van der Waals surface area contributed by atoms with Crippen LogP contribution in [0.4, 0.5) is 16.4 Å². The molecule has 214 valence electrons. The van der Waals surface area contributed by atoms with Crippen LogP contribution in [0.2, 0.25) is 0 Å². The average molecular weight is 559 g/mol. The van der Waals surface area contributed by atoms with E-state index in [-0.39, 0.29) is 18.6 Å². The number of rotatable bonds is 10. The Hall–Kier alpha value is -4.22. The fourth-order valence-corrected chi connectivity index (χ4v) is 5.33. The van der Waals surface area contributed by atoms with Crippen LogP contribution in [0.3, 0.4) is 0 Å². The zero-order chi connectivity index (χ0) is 28.2. The number of anilines is 2. The van der Waals surface area contributed by atoms with E-state index >= 15 is 0 Å². The van der Waals surface area contributed by atoms with Crippen molar-refractivity contribution in [3.05, 3.63) is 60.2 Å². The van der Waals surface area contributed by atoms with Crippen molar-refractivity contribution < 1.29 is 23.8 Å². The lowest BCUT2D eigenvalue weighted by atomic mass is 10.1. The van der Waals surface area contributed by atoms with E-state index in [4.69, 9.17) is 19.2 Å². The molecule has 3 aliphatic rings.